The highest BCUT2D eigenvalue weighted by Gasteiger charge is 2.58. The molecule has 3 atom stereocenters. The number of benzene rings is 1. The smallest absolute Gasteiger partial charge is 0.310 e. The molecule has 0 aromatic heterocycles. The third-order valence-electron chi connectivity index (χ3n) is 4.15. The molecular weight excluding hydrogens is 258 g/mol. The number of carbonyl (C=O) groups is 3. The number of carboxylic acids is 1. The molecule has 3 unspecified atom stereocenters. The van der Waals surface area contributed by atoms with Gasteiger partial charge in [0, 0.05) is 0 Å². The van der Waals surface area contributed by atoms with Crippen LogP contribution in [0.15, 0.2) is 24.3 Å². The van der Waals surface area contributed by atoms with Gasteiger partial charge in [0.05, 0.1) is 24.3 Å². The Labute approximate surface area is 116 Å². The lowest BCUT2D eigenvalue weighted by Crippen LogP contribution is -2.32. The van der Waals surface area contributed by atoms with Gasteiger partial charge in [0.25, 0.3) is 0 Å². The number of fused-ring (bicyclic) bond motifs is 1. The SMILES string of the molecule is CC(C(=O)O)c1ccc(CN2C(=O)C3CC3C2=O)cc1. The van der Waals surface area contributed by atoms with E-state index in [0.29, 0.717) is 12.0 Å². The fourth-order valence-electron chi connectivity index (χ4n) is 2.64. The normalized spacial score (nSPS) is 25.6. The molecule has 1 aliphatic carbocycles. The van der Waals surface area contributed by atoms with Crippen molar-refractivity contribution in [2.75, 3.05) is 0 Å². The van der Waals surface area contributed by atoms with E-state index in [9.17, 15) is 14.4 Å². The molecule has 0 spiro atoms. The summed E-state index contributed by atoms with van der Waals surface area (Å²) in [6, 6.07) is 7.03. The summed E-state index contributed by atoms with van der Waals surface area (Å²) in [6.45, 7) is 1.91. The zero-order chi connectivity index (χ0) is 14.4. The van der Waals surface area contributed by atoms with Crippen LogP contribution in [-0.2, 0) is 20.9 Å². The molecule has 5 nitrogen and oxygen atoms in total. The molecule has 2 aliphatic rings. The summed E-state index contributed by atoms with van der Waals surface area (Å²) in [4.78, 5) is 35.9. The molecule has 3 rings (SSSR count). The predicted molar refractivity (Wildman–Crippen MR) is 69.6 cm³/mol. The maximum Gasteiger partial charge on any atom is 0.310 e. The summed E-state index contributed by atoms with van der Waals surface area (Å²) in [5.41, 5.74) is 1.55. The Morgan fingerprint density at radius 2 is 1.80 bits per heavy atom. The number of carboxylic acid groups (broad SMARTS) is 1. The molecule has 104 valence electrons. The zero-order valence-corrected chi connectivity index (χ0v) is 11.1. The largest absolute Gasteiger partial charge is 0.481 e. The summed E-state index contributed by atoms with van der Waals surface area (Å²) in [5, 5.41) is 8.94. The maximum atomic E-state index is 11.9. The van der Waals surface area contributed by atoms with E-state index in [0.717, 1.165) is 5.56 Å². The Balaban J connectivity index is 1.71. The number of nitrogens with zero attached hydrogens (tertiary/aromatic N) is 1. The first-order valence-corrected chi connectivity index (χ1v) is 6.66. The van der Waals surface area contributed by atoms with E-state index in [2.05, 4.69) is 0 Å². The Morgan fingerprint density at radius 3 is 2.30 bits per heavy atom. The second-order valence-electron chi connectivity index (χ2n) is 5.51. The molecule has 2 amide bonds. The number of hydrogen-bond donors (Lipinski definition) is 1. The number of hydrogen-bond acceptors (Lipinski definition) is 3. The number of aliphatic carboxylic acids is 1. The average Bonchev–Trinajstić information content (AvgIpc) is 3.19. The molecular formula is C15H15NO4. The van der Waals surface area contributed by atoms with Crippen molar-refractivity contribution < 1.29 is 19.5 Å². The lowest BCUT2D eigenvalue weighted by atomic mass is 10.00. The van der Waals surface area contributed by atoms with E-state index in [4.69, 9.17) is 5.11 Å². The fraction of sp³-hybridized carbons (Fsp3) is 0.400. The molecule has 1 saturated heterocycles. The van der Waals surface area contributed by atoms with Gasteiger partial charge in [-0.2, -0.15) is 0 Å². The van der Waals surface area contributed by atoms with Gasteiger partial charge in [-0.1, -0.05) is 24.3 Å². The second-order valence-corrected chi connectivity index (χ2v) is 5.51. The second kappa shape index (κ2) is 4.44. The van der Waals surface area contributed by atoms with Gasteiger partial charge >= 0.3 is 5.97 Å². The van der Waals surface area contributed by atoms with Crippen LogP contribution >= 0.6 is 0 Å². The summed E-state index contributed by atoms with van der Waals surface area (Å²) >= 11 is 0. The van der Waals surface area contributed by atoms with Crippen LogP contribution in [0.5, 0.6) is 0 Å². The van der Waals surface area contributed by atoms with Crippen molar-refractivity contribution >= 4 is 17.8 Å². The first-order chi connectivity index (χ1) is 9.49. The Hall–Kier alpha value is -2.17. The highest BCUT2D eigenvalue weighted by atomic mass is 16.4. The van der Waals surface area contributed by atoms with Crippen molar-refractivity contribution in [3.8, 4) is 0 Å². The summed E-state index contributed by atoms with van der Waals surface area (Å²) in [6.07, 6.45) is 0.712. The van der Waals surface area contributed by atoms with E-state index < -0.39 is 11.9 Å². The van der Waals surface area contributed by atoms with E-state index >= 15 is 0 Å². The summed E-state index contributed by atoms with van der Waals surface area (Å²) in [5.74, 6) is -1.72. The lowest BCUT2D eigenvalue weighted by molar-refractivity contribution is -0.142. The van der Waals surface area contributed by atoms with E-state index in [1.807, 2.05) is 0 Å². The third-order valence-corrected chi connectivity index (χ3v) is 4.15. The van der Waals surface area contributed by atoms with Crippen molar-refractivity contribution in [1.82, 2.24) is 4.90 Å². The van der Waals surface area contributed by atoms with Gasteiger partial charge in [-0.25, -0.2) is 0 Å². The quantitative estimate of drug-likeness (QED) is 0.841. The maximum absolute atomic E-state index is 11.9. The Kier molecular flexibility index (Phi) is 2.85. The monoisotopic (exact) mass is 273 g/mol. The first-order valence-electron chi connectivity index (χ1n) is 6.66. The van der Waals surface area contributed by atoms with Crippen LogP contribution in [0.25, 0.3) is 0 Å². The molecule has 5 heteroatoms. The number of rotatable bonds is 4. The van der Waals surface area contributed by atoms with Crippen LogP contribution in [0.3, 0.4) is 0 Å². The number of amides is 2. The van der Waals surface area contributed by atoms with Crippen molar-refractivity contribution in [2.45, 2.75) is 25.8 Å². The van der Waals surface area contributed by atoms with Crippen LogP contribution < -0.4 is 0 Å². The van der Waals surface area contributed by atoms with Crippen molar-refractivity contribution in [1.29, 1.82) is 0 Å². The Morgan fingerprint density at radius 1 is 1.25 bits per heavy atom. The van der Waals surface area contributed by atoms with Gasteiger partial charge in [-0.15, -0.1) is 0 Å². The van der Waals surface area contributed by atoms with E-state index in [1.165, 1.54) is 4.90 Å². The molecule has 1 aliphatic heterocycles. The van der Waals surface area contributed by atoms with Crippen LogP contribution in [0, 0.1) is 11.8 Å². The molecule has 1 saturated carbocycles. The molecule has 2 fully saturated rings. The zero-order valence-electron chi connectivity index (χ0n) is 11.1. The number of carbonyl (C=O) groups excluding carboxylic acids is 2. The van der Waals surface area contributed by atoms with Gasteiger partial charge in [0.2, 0.25) is 11.8 Å². The van der Waals surface area contributed by atoms with Gasteiger partial charge in [-0.3, -0.25) is 19.3 Å². The van der Waals surface area contributed by atoms with E-state index in [1.54, 1.807) is 31.2 Å². The fourth-order valence-corrected chi connectivity index (χ4v) is 2.64. The third kappa shape index (κ3) is 1.99. The highest BCUT2D eigenvalue weighted by molar-refractivity contribution is 6.08. The molecule has 1 aromatic rings. The standard InChI is InChI=1S/C15H15NO4/c1-8(15(19)20)10-4-2-9(3-5-10)7-16-13(17)11-6-12(11)14(16)18/h2-5,8,11-12H,6-7H2,1H3,(H,19,20). The Bertz CT molecular complexity index is 572. The van der Waals surface area contributed by atoms with Crippen molar-refractivity contribution in [3.63, 3.8) is 0 Å². The number of likely N-dealkylation sites (tertiary alicyclic amines) is 1. The van der Waals surface area contributed by atoms with Gasteiger partial charge in [0.15, 0.2) is 0 Å². The average molecular weight is 273 g/mol. The summed E-state index contributed by atoms with van der Waals surface area (Å²) < 4.78 is 0. The van der Waals surface area contributed by atoms with Gasteiger partial charge < -0.3 is 5.11 Å². The molecule has 1 heterocycles. The molecule has 1 N–H and O–H groups in total. The first kappa shape index (κ1) is 12.8. The minimum absolute atomic E-state index is 0.0667. The minimum atomic E-state index is -0.872. The van der Waals surface area contributed by atoms with Crippen LogP contribution in [-0.4, -0.2) is 27.8 Å². The van der Waals surface area contributed by atoms with Crippen molar-refractivity contribution in [3.05, 3.63) is 35.4 Å². The molecule has 0 radical (unpaired) electrons. The van der Waals surface area contributed by atoms with Crippen LogP contribution in [0.4, 0.5) is 0 Å². The van der Waals surface area contributed by atoms with Gasteiger partial charge in [-0.05, 0) is 24.5 Å². The van der Waals surface area contributed by atoms with Gasteiger partial charge in [0.1, 0.15) is 0 Å². The molecule has 20 heavy (non-hydrogen) atoms. The highest BCUT2D eigenvalue weighted by Crippen LogP contribution is 2.47. The van der Waals surface area contributed by atoms with E-state index in [-0.39, 0.29) is 30.2 Å². The van der Waals surface area contributed by atoms with Crippen molar-refractivity contribution in [2.24, 2.45) is 11.8 Å². The lowest BCUT2D eigenvalue weighted by Gasteiger charge is -2.16. The van der Waals surface area contributed by atoms with Crippen LogP contribution in [0.2, 0.25) is 0 Å². The predicted octanol–water partition coefficient (Wildman–Crippen LogP) is 1.38. The molecule has 1 aromatic carbocycles. The van der Waals surface area contributed by atoms with Crippen LogP contribution in [0.1, 0.15) is 30.4 Å². The summed E-state index contributed by atoms with van der Waals surface area (Å²) in [7, 11) is 0. The minimum Gasteiger partial charge on any atom is -0.481 e. The number of piperidine rings is 1. The topological polar surface area (TPSA) is 74.7 Å². The number of imide groups is 1. The molecule has 0 bridgehead atoms.